The molecule has 1 aromatic carbocycles. The van der Waals surface area contributed by atoms with Crippen molar-refractivity contribution in [1.29, 1.82) is 0 Å². The standard InChI is InChI=1S/C16H17BrN6S/c17-15-7-6-14(24-15)12-21-8-10-22(11-9-21)16-18-19-20-23(16)13-4-2-1-3-5-13/h1-7H,8-12H2. The molecule has 3 aromatic rings. The van der Waals surface area contributed by atoms with Crippen molar-refractivity contribution in [3.05, 3.63) is 51.1 Å². The summed E-state index contributed by atoms with van der Waals surface area (Å²) in [5, 5.41) is 12.2. The molecule has 6 nitrogen and oxygen atoms in total. The Bertz CT molecular complexity index is 794. The third-order valence-electron chi connectivity index (χ3n) is 4.12. The van der Waals surface area contributed by atoms with Crippen LogP contribution in [0.25, 0.3) is 5.69 Å². The molecule has 24 heavy (non-hydrogen) atoms. The fraction of sp³-hybridized carbons (Fsp3) is 0.312. The van der Waals surface area contributed by atoms with E-state index in [0.29, 0.717) is 0 Å². The normalized spacial score (nSPS) is 15.8. The van der Waals surface area contributed by atoms with Gasteiger partial charge in [-0.05, 0) is 50.6 Å². The maximum absolute atomic E-state index is 4.23. The first-order valence-electron chi connectivity index (χ1n) is 7.85. The van der Waals surface area contributed by atoms with Gasteiger partial charge in [0.1, 0.15) is 0 Å². The summed E-state index contributed by atoms with van der Waals surface area (Å²) in [7, 11) is 0. The lowest BCUT2D eigenvalue weighted by Crippen LogP contribution is -2.46. The van der Waals surface area contributed by atoms with Crippen LogP contribution in [-0.4, -0.2) is 51.3 Å². The molecule has 3 heterocycles. The van der Waals surface area contributed by atoms with Crippen LogP contribution in [0.5, 0.6) is 0 Å². The fourth-order valence-electron chi connectivity index (χ4n) is 2.88. The van der Waals surface area contributed by atoms with E-state index in [1.165, 1.54) is 8.66 Å². The summed E-state index contributed by atoms with van der Waals surface area (Å²) in [6.45, 7) is 4.89. The molecule has 0 unspecified atom stereocenters. The molecule has 0 spiro atoms. The molecule has 0 atom stereocenters. The van der Waals surface area contributed by atoms with Crippen LogP contribution in [-0.2, 0) is 6.54 Å². The number of nitrogens with zero attached hydrogens (tertiary/aromatic N) is 6. The van der Waals surface area contributed by atoms with Gasteiger partial charge in [-0.25, -0.2) is 0 Å². The van der Waals surface area contributed by atoms with E-state index in [1.807, 2.05) is 35.0 Å². The van der Waals surface area contributed by atoms with Gasteiger partial charge in [0.2, 0.25) is 5.95 Å². The molecular formula is C16H17BrN6S. The van der Waals surface area contributed by atoms with Crippen molar-refractivity contribution in [2.75, 3.05) is 31.1 Å². The average Bonchev–Trinajstić information content (AvgIpc) is 3.26. The SMILES string of the molecule is Brc1ccc(CN2CCN(c3nnnn3-c3ccccc3)CC2)s1. The molecule has 0 N–H and O–H groups in total. The number of para-hydroxylation sites is 1. The fourth-order valence-corrected chi connectivity index (χ4v) is 4.40. The highest BCUT2D eigenvalue weighted by Crippen LogP contribution is 2.24. The number of rotatable bonds is 4. The molecule has 1 aliphatic heterocycles. The Kier molecular flexibility index (Phi) is 4.59. The number of aromatic nitrogens is 4. The zero-order valence-corrected chi connectivity index (χ0v) is 15.4. The van der Waals surface area contributed by atoms with E-state index in [9.17, 15) is 0 Å². The van der Waals surface area contributed by atoms with Crippen LogP contribution in [0, 0.1) is 0 Å². The first kappa shape index (κ1) is 15.7. The Morgan fingerprint density at radius 2 is 1.79 bits per heavy atom. The first-order valence-corrected chi connectivity index (χ1v) is 9.46. The van der Waals surface area contributed by atoms with Crippen LogP contribution >= 0.6 is 27.3 Å². The van der Waals surface area contributed by atoms with E-state index >= 15 is 0 Å². The van der Waals surface area contributed by atoms with Gasteiger partial charge in [0, 0.05) is 37.6 Å². The first-order chi connectivity index (χ1) is 11.8. The van der Waals surface area contributed by atoms with Gasteiger partial charge in [-0.3, -0.25) is 4.90 Å². The third kappa shape index (κ3) is 3.35. The molecule has 0 saturated carbocycles. The van der Waals surface area contributed by atoms with E-state index in [0.717, 1.165) is 44.4 Å². The number of benzene rings is 1. The minimum atomic E-state index is 0.819. The lowest BCUT2D eigenvalue weighted by atomic mass is 10.3. The van der Waals surface area contributed by atoms with Crippen LogP contribution in [0.2, 0.25) is 0 Å². The molecule has 1 saturated heterocycles. The molecule has 0 aliphatic carbocycles. The number of halogens is 1. The average molecular weight is 405 g/mol. The number of anilines is 1. The predicted molar refractivity (Wildman–Crippen MR) is 98.7 cm³/mol. The Labute approximate surface area is 152 Å². The second-order valence-corrected chi connectivity index (χ2v) is 8.24. The highest BCUT2D eigenvalue weighted by molar-refractivity contribution is 9.11. The smallest absolute Gasteiger partial charge is 0.250 e. The summed E-state index contributed by atoms with van der Waals surface area (Å²) in [6.07, 6.45) is 0. The summed E-state index contributed by atoms with van der Waals surface area (Å²) >= 11 is 5.33. The molecule has 0 radical (unpaired) electrons. The van der Waals surface area contributed by atoms with Gasteiger partial charge < -0.3 is 4.90 Å². The maximum atomic E-state index is 4.23. The van der Waals surface area contributed by atoms with Crippen molar-refractivity contribution in [1.82, 2.24) is 25.1 Å². The molecular weight excluding hydrogens is 388 g/mol. The molecule has 8 heteroatoms. The zero-order valence-electron chi connectivity index (χ0n) is 13.0. The monoisotopic (exact) mass is 404 g/mol. The van der Waals surface area contributed by atoms with Crippen molar-refractivity contribution < 1.29 is 0 Å². The van der Waals surface area contributed by atoms with Crippen molar-refractivity contribution in [3.8, 4) is 5.69 Å². The molecule has 0 amide bonds. The summed E-state index contributed by atoms with van der Waals surface area (Å²) < 4.78 is 3.00. The predicted octanol–water partition coefficient (Wildman–Crippen LogP) is 2.81. The van der Waals surface area contributed by atoms with Crippen LogP contribution in [0.1, 0.15) is 4.88 Å². The van der Waals surface area contributed by atoms with Gasteiger partial charge >= 0.3 is 0 Å². The number of hydrogen-bond acceptors (Lipinski definition) is 6. The second kappa shape index (κ2) is 7.00. The highest BCUT2D eigenvalue weighted by Gasteiger charge is 2.22. The van der Waals surface area contributed by atoms with Crippen LogP contribution < -0.4 is 4.90 Å². The minimum absolute atomic E-state index is 0.819. The minimum Gasteiger partial charge on any atom is -0.337 e. The molecule has 2 aromatic heterocycles. The van der Waals surface area contributed by atoms with Gasteiger partial charge in [0.05, 0.1) is 9.47 Å². The second-order valence-electron chi connectivity index (χ2n) is 5.70. The van der Waals surface area contributed by atoms with E-state index in [2.05, 4.69) is 53.4 Å². The summed E-state index contributed by atoms with van der Waals surface area (Å²) in [6, 6.07) is 14.3. The Balaban J connectivity index is 1.42. The quantitative estimate of drug-likeness (QED) is 0.668. The van der Waals surface area contributed by atoms with E-state index < -0.39 is 0 Å². The Morgan fingerprint density at radius 3 is 2.50 bits per heavy atom. The van der Waals surface area contributed by atoms with Crippen molar-refractivity contribution in [2.24, 2.45) is 0 Å². The van der Waals surface area contributed by atoms with Gasteiger partial charge in [-0.1, -0.05) is 23.3 Å². The highest BCUT2D eigenvalue weighted by atomic mass is 79.9. The number of piperazine rings is 1. The molecule has 4 rings (SSSR count). The zero-order chi connectivity index (χ0) is 16.4. The summed E-state index contributed by atoms with van der Waals surface area (Å²) in [4.78, 5) is 6.13. The summed E-state index contributed by atoms with van der Waals surface area (Å²) in [5.41, 5.74) is 0.989. The van der Waals surface area contributed by atoms with E-state index in [4.69, 9.17) is 0 Å². The van der Waals surface area contributed by atoms with E-state index in [1.54, 1.807) is 11.3 Å². The maximum Gasteiger partial charge on any atom is 0.250 e. The van der Waals surface area contributed by atoms with Crippen LogP contribution in [0.15, 0.2) is 46.3 Å². The lowest BCUT2D eigenvalue weighted by molar-refractivity contribution is 0.250. The Morgan fingerprint density at radius 1 is 1.00 bits per heavy atom. The lowest BCUT2D eigenvalue weighted by Gasteiger charge is -2.34. The van der Waals surface area contributed by atoms with Crippen LogP contribution in [0.3, 0.4) is 0 Å². The molecule has 1 fully saturated rings. The van der Waals surface area contributed by atoms with E-state index in [-0.39, 0.29) is 0 Å². The van der Waals surface area contributed by atoms with Gasteiger partial charge in [0.25, 0.3) is 0 Å². The van der Waals surface area contributed by atoms with Crippen molar-refractivity contribution in [3.63, 3.8) is 0 Å². The van der Waals surface area contributed by atoms with Crippen molar-refractivity contribution >= 4 is 33.2 Å². The van der Waals surface area contributed by atoms with Gasteiger partial charge in [0.15, 0.2) is 0 Å². The Hall–Kier alpha value is -1.77. The number of tetrazole rings is 1. The molecule has 0 bridgehead atoms. The number of hydrogen-bond donors (Lipinski definition) is 0. The molecule has 124 valence electrons. The van der Waals surface area contributed by atoms with Crippen LogP contribution in [0.4, 0.5) is 5.95 Å². The number of thiophene rings is 1. The van der Waals surface area contributed by atoms with Crippen molar-refractivity contribution in [2.45, 2.75) is 6.54 Å². The topological polar surface area (TPSA) is 50.1 Å². The third-order valence-corrected chi connectivity index (χ3v) is 5.73. The van der Waals surface area contributed by atoms with Gasteiger partial charge in [-0.15, -0.1) is 11.3 Å². The molecule has 1 aliphatic rings. The largest absolute Gasteiger partial charge is 0.337 e. The summed E-state index contributed by atoms with van der Waals surface area (Å²) in [5.74, 6) is 0.819. The van der Waals surface area contributed by atoms with Gasteiger partial charge in [-0.2, -0.15) is 4.68 Å².